The van der Waals surface area contributed by atoms with Crippen molar-refractivity contribution in [1.29, 1.82) is 0 Å². The summed E-state index contributed by atoms with van der Waals surface area (Å²) in [5, 5.41) is 12.5. The second-order valence-corrected chi connectivity index (χ2v) is 8.51. The number of carbonyl (C=O) groups excluding carboxylic acids is 2. The van der Waals surface area contributed by atoms with Crippen molar-refractivity contribution in [1.82, 2.24) is 5.32 Å². The highest BCUT2D eigenvalue weighted by Crippen LogP contribution is 2.55. The van der Waals surface area contributed by atoms with Gasteiger partial charge < -0.3 is 15.2 Å². The number of rotatable bonds is 5. The predicted molar refractivity (Wildman–Crippen MR) is 99.4 cm³/mol. The lowest BCUT2D eigenvalue weighted by Crippen LogP contribution is -2.54. The van der Waals surface area contributed by atoms with Gasteiger partial charge in [0.1, 0.15) is 0 Å². The van der Waals surface area contributed by atoms with Gasteiger partial charge in [-0.3, -0.25) is 19.3 Å². The number of aliphatic carboxylic acids is 1. The molecule has 0 aromatic heterocycles. The number of anilines is 1. The number of carboxylic acids is 1. The predicted octanol–water partition coefficient (Wildman–Crippen LogP) is 1.86. The minimum absolute atomic E-state index is 0.0104. The van der Waals surface area contributed by atoms with Gasteiger partial charge in [0.25, 0.3) is 5.91 Å². The van der Waals surface area contributed by atoms with Crippen LogP contribution in [0.25, 0.3) is 0 Å². The lowest BCUT2D eigenvalue weighted by Gasteiger charge is -2.32. The van der Waals surface area contributed by atoms with Crippen LogP contribution < -0.4 is 10.2 Å². The second kappa shape index (κ2) is 7.16. The van der Waals surface area contributed by atoms with Crippen LogP contribution in [-0.2, 0) is 19.1 Å². The van der Waals surface area contributed by atoms with Crippen LogP contribution >= 0.6 is 11.8 Å². The molecule has 4 rings (SSSR count). The molecule has 2 fully saturated rings. The number of ether oxygens (including phenoxy) is 1. The summed E-state index contributed by atoms with van der Waals surface area (Å²) in [6.45, 7) is 1.18. The van der Waals surface area contributed by atoms with Crippen LogP contribution in [-0.4, -0.2) is 47.5 Å². The van der Waals surface area contributed by atoms with Crippen molar-refractivity contribution in [2.75, 3.05) is 24.7 Å². The van der Waals surface area contributed by atoms with Gasteiger partial charge in [0, 0.05) is 31.1 Å². The standard InChI is InChI=1S/C19H22N2O5S/c22-16-5-8-19(21(16)14-3-1-2-4-15(14)27-19)18(25)20-11-13(17(23)24)12-6-9-26-10-7-12/h1-4,12-13H,5-11H2,(H,20,25)(H,23,24). The van der Waals surface area contributed by atoms with Crippen molar-refractivity contribution >= 4 is 35.2 Å². The maximum atomic E-state index is 13.1. The first-order valence-corrected chi connectivity index (χ1v) is 10.0. The summed E-state index contributed by atoms with van der Waals surface area (Å²) in [6.07, 6.45) is 2.11. The normalized spacial score (nSPS) is 25.8. The van der Waals surface area contributed by atoms with Crippen molar-refractivity contribution < 1.29 is 24.2 Å². The number of para-hydroxylation sites is 1. The Balaban J connectivity index is 1.50. The first-order valence-electron chi connectivity index (χ1n) is 9.23. The molecular weight excluding hydrogens is 368 g/mol. The summed E-state index contributed by atoms with van der Waals surface area (Å²) in [6, 6.07) is 7.49. The van der Waals surface area contributed by atoms with Crippen LogP contribution in [0.3, 0.4) is 0 Å². The summed E-state index contributed by atoms with van der Waals surface area (Å²) in [5.74, 6) is -1.91. The topological polar surface area (TPSA) is 95.9 Å². The quantitative estimate of drug-likeness (QED) is 0.797. The first-order chi connectivity index (χ1) is 13.0. The Morgan fingerprint density at radius 3 is 2.81 bits per heavy atom. The molecule has 0 saturated carbocycles. The lowest BCUT2D eigenvalue weighted by molar-refractivity contribution is -0.145. The van der Waals surface area contributed by atoms with E-state index in [1.165, 1.54) is 11.8 Å². The van der Waals surface area contributed by atoms with Gasteiger partial charge in [-0.15, -0.1) is 0 Å². The molecule has 8 heteroatoms. The Kier molecular flexibility index (Phi) is 4.86. The summed E-state index contributed by atoms with van der Waals surface area (Å²) in [4.78, 5) is 38.8. The van der Waals surface area contributed by atoms with E-state index < -0.39 is 16.8 Å². The van der Waals surface area contributed by atoms with Gasteiger partial charge in [-0.05, 0) is 37.3 Å². The molecule has 27 heavy (non-hydrogen) atoms. The van der Waals surface area contributed by atoms with Crippen LogP contribution in [0.5, 0.6) is 0 Å². The maximum absolute atomic E-state index is 13.1. The van der Waals surface area contributed by atoms with E-state index in [0.717, 1.165) is 10.6 Å². The number of benzene rings is 1. The third kappa shape index (κ3) is 3.10. The summed E-state index contributed by atoms with van der Waals surface area (Å²) >= 11 is 1.39. The van der Waals surface area contributed by atoms with Crippen molar-refractivity contribution in [3.05, 3.63) is 24.3 Å². The third-order valence-corrected chi connectivity index (χ3v) is 7.14. The first kappa shape index (κ1) is 18.3. The molecule has 3 aliphatic rings. The average Bonchev–Trinajstić information content (AvgIpc) is 3.18. The number of fused-ring (bicyclic) bond motifs is 3. The number of carbonyl (C=O) groups is 3. The summed E-state index contributed by atoms with van der Waals surface area (Å²) < 4.78 is 5.31. The molecule has 3 heterocycles. The van der Waals surface area contributed by atoms with Gasteiger partial charge in [-0.1, -0.05) is 23.9 Å². The molecule has 2 N–H and O–H groups in total. The Morgan fingerprint density at radius 1 is 1.33 bits per heavy atom. The molecule has 2 atom stereocenters. The fourth-order valence-corrected chi connectivity index (χ4v) is 5.65. The highest BCUT2D eigenvalue weighted by Gasteiger charge is 2.57. The average molecular weight is 390 g/mol. The van der Waals surface area contributed by atoms with E-state index in [9.17, 15) is 19.5 Å². The largest absolute Gasteiger partial charge is 0.481 e. The molecule has 1 aromatic carbocycles. The molecule has 3 aliphatic heterocycles. The third-order valence-electron chi connectivity index (χ3n) is 5.66. The molecule has 2 amide bonds. The second-order valence-electron chi connectivity index (χ2n) is 7.19. The number of carboxylic acid groups (broad SMARTS) is 1. The van der Waals surface area contributed by atoms with Gasteiger partial charge in [0.05, 0.1) is 11.6 Å². The number of hydrogen-bond donors (Lipinski definition) is 2. The maximum Gasteiger partial charge on any atom is 0.308 e. The number of amides is 2. The number of nitrogens with zero attached hydrogens (tertiary/aromatic N) is 1. The monoisotopic (exact) mass is 390 g/mol. The highest BCUT2D eigenvalue weighted by molar-refractivity contribution is 8.02. The molecule has 2 unspecified atom stereocenters. The van der Waals surface area contributed by atoms with Crippen molar-refractivity contribution in [3.8, 4) is 0 Å². The molecule has 0 spiro atoms. The van der Waals surface area contributed by atoms with Crippen LogP contribution in [0.2, 0.25) is 0 Å². The van der Waals surface area contributed by atoms with Gasteiger partial charge >= 0.3 is 5.97 Å². The smallest absolute Gasteiger partial charge is 0.308 e. The van der Waals surface area contributed by atoms with E-state index in [1.807, 2.05) is 24.3 Å². The fourth-order valence-electron chi connectivity index (χ4n) is 4.21. The van der Waals surface area contributed by atoms with E-state index in [0.29, 0.717) is 38.9 Å². The van der Waals surface area contributed by atoms with E-state index in [1.54, 1.807) is 4.90 Å². The minimum Gasteiger partial charge on any atom is -0.481 e. The number of hydrogen-bond acceptors (Lipinski definition) is 5. The zero-order valence-corrected chi connectivity index (χ0v) is 15.7. The number of nitrogens with one attached hydrogen (secondary N) is 1. The van der Waals surface area contributed by atoms with Crippen molar-refractivity contribution in [2.24, 2.45) is 11.8 Å². The van der Waals surface area contributed by atoms with E-state index in [4.69, 9.17) is 4.74 Å². The van der Waals surface area contributed by atoms with Gasteiger partial charge in [-0.2, -0.15) is 0 Å². The van der Waals surface area contributed by atoms with Gasteiger partial charge in [0.2, 0.25) is 5.91 Å². The van der Waals surface area contributed by atoms with E-state index >= 15 is 0 Å². The molecule has 0 aliphatic carbocycles. The molecule has 144 valence electrons. The zero-order valence-electron chi connectivity index (χ0n) is 14.8. The Labute approximate surface area is 161 Å². The number of thioether (sulfide) groups is 1. The van der Waals surface area contributed by atoms with Crippen LogP contribution in [0.4, 0.5) is 5.69 Å². The summed E-state index contributed by atoms with van der Waals surface area (Å²) in [5.41, 5.74) is 0.763. The SMILES string of the molecule is O=C(O)C(CNC(=O)C12CCC(=O)N1c1ccccc1S2)C1CCOCC1. The van der Waals surface area contributed by atoms with E-state index in [-0.39, 0.29) is 24.3 Å². The van der Waals surface area contributed by atoms with Gasteiger partial charge in [0.15, 0.2) is 4.87 Å². The molecular formula is C19H22N2O5S. The Hall–Kier alpha value is -2.06. The van der Waals surface area contributed by atoms with Crippen molar-refractivity contribution in [2.45, 2.75) is 35.4 Å². The van der Waals surface area contributed by atoms with Crippen molar-refractivity contribution in [3.63, 3.8) is 0 Å². The molecule has 0 bridgehead atoms. The molecule has 7 nitrogen and oxygen atoms in total. The Bertz CT molecular complexity index is 779. The minimum atomic E-state index is -1.00. The van der Waals surface area contributed by atoms with Crippen LogP contribution in [0, 0.1) is 11.8 Å². The zero-order chi connectivity index (χ0) is 19.0. The fraction of sp³-hybridized carbons (Fsp3) is 0.526. The van der Waals surface area contributed by atoms with Gasteiger partial charge in [-0.25, -0.2) is 0 Å². The highest BCUT2D eigenvalue weighted by atomic mass is 32.2. The molecule has 1 aromatic rings. The summed E-state index contributed by atoms with van der Waals surface area (Å²) in [7, 11) is 0. The molecule has 0 radical (unpaired) electrons. The molecule has 2 saturated heterocycles. The Morgan fingerprint density at radius 2 is 2.07 bits per heavy atom. The van der Waals surface area contributed by atoms with E-state index in [2.05, 4.69) is 5.32 Å². The van der Waals surface area contributed by atoms with Crippen LogP contribution in [0.15, 0.2) is 29.2 Å². The lowest BCUT2D eigenvalue weighted by atomic mass is 9.86. The van der Waals surface area contributed by atoms with Crippen LogP contribution in [0.1, 0.15) is 25.7 Å².